The highest BCUT2D eigenvalue weighted by atomic mass is 16.2. The van der Waals surface area contributed by atoms with Crippen molar-refractivity contribution in [3.8, 4) is 17.5 Å². The highest BCUT2D eigenvalue weighted by Crippen LogP contribution is 2.24. The Morgan fingerprint density at radius 3 is 2.63 bits per heavy atom. The number of benzene rings is 2. The summed E-state index contributed by atoms with van der Waals surface area (Å²) in [4.78, 5) is 32.2. The molecular weight excluding hydrogens is 516 g/mol. The predicted molar refractivity (Wildman–Crippen MR) is 157 cm³/mol. The molecule has 1 amide bonds. The standard InChI is InChI=1S/C31H26N8O2/c1-19-14-15-38-29(34-19)27(28(32)36-38)30(40)35-20(2)25-16-23-9-7-8-22(13-12-21-17-33-37(3)18-21)26(23)31(41)39(25)24-10-5-4-6-11-24/h4-11,14-18,20H,1-3H3,(H2,32,36)(H,35,40)/t20-/m1/s1. The van der Waals surface area contributed by atoms with Crippen LogP contribution in [0.15, 0.2) is 84.0 Å². The van der Waals surface area contributed by atoms with Crippen molar-refractivity contribution < 1.29 is 4.79 Å². The van der Waals surface area contributed by atoms with Gasteiger partial charge in [-0.2, -0.15) is 5.10 Å². The number of para-hydroxylation sites is 1. The number of anilines is 1. The Labute approximate surface area is 235 Å². The van der Waals surface area contributed by atoms with Gasteiger partial charge < -0.3 is 11.1 Å². The summed E-state index contributed by atoms with van der Waals surface area (Å²) in [5.74, 6) is 5.88. The molecule has 202 valence electrons. The van der Waals surface area contributed by atoms with Crippen LogP contribution in [0.5, 0.6) is 0 Å². The molecule has 10 heteroatoms. The number of nitrogens with two attached hydrogens (primary N) is 1. The molecule has 4 aromatic heterocycles. The number of carbonyl (C=O) groups is 1. The van der Waals surface area contributed by atoms with Gasteiger partial charge in [-0.25, -0.2) is 9.50 Å². The third-order valence-electron chi connectivity index (χ3n) is 6.81. The maximum Gasteiger partial charge on any atom is 0.264 e. The van der Waals surface area contributed by atoms with E-state index in [4.69, 9.17) is 5.73 Å². The van der Waals surface area contributed by atoms with Crippen molar-refractivity contribution in [2.45, 2.75) is 19.9 Å². The van der Waals surface area contributed by atoms with Crippen molar-refractivity contribution in [1.82, 2.24) is 34.3 Å². The van der Waals surface area contributed by atoms with Gasteiger partial charge in [0.25, 0.3) is 11.5 Å². The first kappa shape index (κ1) is 25.6. The number of carbonyl (C=O) groups excluding carboxylic acids is 1. The van der Waals surface area contributed by atoms with Crippen molar-refractivity contribution in [1.29, 1.82) is 0 Å². The van der Waals surface area contributed by atoms with Gasteiger partial charge in [0, 0.05) is 42.1 Å². The normalized spacial score (nSPS) is 11.8. The van der Waals surface area contributed by atoms with Gasteiger partial charge in [-0.1, -0.05) is 42.2 Å². The summed E-state index contributed by atoms with van der Waals surface area (Å²) in [6, 6.07) is 18.0. The van der Waals surface area contributed by atoms with Crippen molar-refractivity contribution >= 4 is 28.1 Å². The monoisotopic (exact) mass is 542 g/mol. The molecule has 0 aliphatic heterocycles. The molecule has 4 heterocycles. The van der Waals surface area contributed by atoms with E-state index < -0.39 is 11.9 Å². The van der Waals surface area contributed by atoms with Crippen LogP contribution in [0.1, 0.15) is 45.8 Å². The molecule has 0 bridgehead atoms. The largest absolute Gasteiger partial charge is 0.381 e. The van der Waals surface area contributed by atoms with E-state index in [1.165, 1.54) is 4.52 Å². The summed E-state index contributed by atoms with van der Waals surface area (Å²) in [6.45, 7) is 3.65. The Morgan fingerprint density at radius 1 is 1.07 bits per heavy atom. The van der Waals surface area contributed by atoms with Gasteiger partial charge in [0.15, 0.2) is 11.5 Å². The summed E-state index contributed by atoms with van der Waals surface area (Å²) in [7, 11) is 1.82. The number of nitrogens with zero attached hydrogens (tertiary/aromatic N) is 6. The zero-order valence-corrected chi connectivity index (χ0v) is 22.7. The average molecular weight is 543 g/mol. The molecular formula is C31H26N8O2. The van der Waals surface area contributed by atoms with E-state index in [0.717, 1.165) is 11.3 Å². The number of amides is 1. The number of pyridine rings is 1. The molecule has 3 N–H and O–H groups in total. The van der Waals surface area contributed by atoms with Crippen LogP contribution < -0.4 is 16.6 Å². The Morgan fingerprint density at radius 2 is 1.88 bits per heavy atom. The van der Waals surface area contributed by atoms with Gasteiger partial charge in [-0.05, 0) is 49.6 Å². The van der Waals surface area contributed by atoms with Crippen LogP contribution in [0.25, 0.3) is 22.1 Å². The van der Waals surface area contributed by atoms with E-state index in [-0.39, 0.29) is 16.9 Å². The summed E-state index contributed by atoms with van der Waals surface area (Å²) in [5.41, 5.74) is 9.77. The molecule has 10 nitrogen and oxygen atoms in total. The van der Waals surface area contributed by atoms with Crippen molar-refractivity contribution in [3.63, 3.8) is 0 Å². The van der Waals surface area contributed by atoms with Gasteiger partial charge in [0.05, 0.1) is 23.2 Å². The number of nitrogens with one attached hydrogen (secondary N) is 1. The molecule has 0 aliphatic carbocycles. The van der Waals surface area contributed by atoms with Crippen LogP contribution in [-0.4, -0.2) is 34.9 Å². The molecule has 1 atom stereocenters. The van der Waals surface area contributed by atoms with E-state index in [2.05, 4.69) is 32.3 Å². The van der Waals surface area contributed by atoms with E-state index in [1.807, 2.05) is 81.7 Å². The molecule has 2 aromatic carbocycles. The molecule has 0 fully saturated rings. The maximum absolute atomic E-state index is 14.2. The minimum atomic E-state index is -0.580. The first-order valence-electron chi connectivity index (χ1n) is 13.0. The van der Waals surface area contributed by atoms with E-state index in [0.29, 0.717) is 33.4 Å². The Kier molecular flexibility index (Phi) is 6.32. The highest BCUT2D eigenvalue weighted by molar-refractivity contribution is 6.04. The quantitative estimate of drug-likeness (QED) is 0.328. The van der Waals surface area contributed by atoms with Crippen LogP contribution in [-0.2, 0) is 7.05 Å². The number of aromatic nitrogens is 6. The fraction of sp³-hybridized carbons (Fsp3) is 0.129. The smallest absolute Gasteiger partial charge is 0.264 e. The molecule has 6 aromatic rings. The first-order chi connectivity index (χ1) is 19.8. The summed E-state index contributed by atoms with van der Waals surface area (Å²) in [6.07, 6.45) is 5.20. The van der Waals surface area contributed by atoms with E-state index >= 15 is 0 Å². The zero-order chi connectivity index (χ0) is 28.7. The first-order valence-corrected chi connectivity index (χ1v) is 13.0. The highest BCUT2D eigenvalue weighted by Gasteiger charge is 2.24. The second kappa shape index (κ2) is 10.1. The van der Waals surface area contributed by atoms with Crippen molar-refractivity contribution in [2.24, 2.45) is 7.05 Å². The minimum absolute atomic E-state index is 0.0728. The number of hydrogen-bond acceptors (Lipinski definition) is 6. The van der Waals surface area contributed by atoms with Gasteiger partial charge in [-0.3, -0.25) is 18.8 Å². The fourth-order valence-electron chi connectivity index (χ4n) is 4.87. The second-order valence-electron chi connectivity index (χ2n) is 9.76. The van der Waals surface area contributed by atoms with Gasteiger partial charge in [-0.15, -0.1) is 5.10 Å². The number of hydrogen-bond donors (Lipinski definition) is 2. The summed E-state index contributed by atoms with van der Waals surface area (Å²) >= 11 is 0. The number of nitrogen functional groups attached to an aromatic ring is 1. The topological polar surface area (TPSA) is 125 Å². The summed E-state index contributed by atoms with van der Waals surface area (Å²) < 4.78 is 4.77. The number of aryl methyl sites for hydroxylation is 2. The lowest BCUT2D eigenvalue weighted by Crippen LogP contribution is -2.32. The van der Waals surface area contributed by atoms with Crippen LogP contribution in [0.4, 0.5) is 5.82 Å². The number of fused-ring (bicyclic) bond motifs is 2. The molecule has 0 saturated carbocycles. The van der Waals surface area contributed by atoms with Crippen LogP contribution in [0.2, 0.25) is 0 Å². The summed E-state index contributed by atoms with van der Waals surface area (Å²) in [5, 5.41) is 12.6. The Hall–Kier alpha value is -5.69. The van der Waals surface area contributed by atoms with Gasteiger partial charge in [0.1, 0.15) is 5.56 Å². The van der Waals surface area contributed by atoms with E-state index in [1.54, 1.807) is 27.7 Å². The lowest BCUT2D eigenvalue weighted by Gasteiger charge is -2.21. The SMILES string of the molecule is Cc1ccn2nc(N)c(C(=O)N[C@H](C)c3cc4cccc(C#Cc5cnn(C)c5)c4c(=O)n3-c3ccccc3)c2n1. The average Bonchev–Trinajstić information content (AvgIpc) is 3.53. The number of rotatable bonds is 4. The second-order valence-corrected chi connectivity index (χ2v) is 9.76. The molecule has 0 saturated heterocycles. The lowest BCUT2D eigenvalue weighted by molar-refractivity contribution is 0.0941. The molecule has 0 spiro atoms. The zero-order valence-electron chi connectivity index (χ0n) is 22.7. The molecule has 6 rings (SSSR count). The van der Waals surface area contributed by atoms with Crippen molar-refractivity contribution in [2.75, 3.05) is 5.73 Å². The Bertz CT molecular complexity index is 2080. The van der Waals surface area contributed by atoms with E-state index in [9.17, 15) is 9.59 Å². The predicted octanol–water partition coefficient (Wildman–Crippen LogP) is 3.55. The lowest BCUT2D eigenvalue weighted by atomic mass is 10.0. The fourth-order valence-corrected chi connectivity index (χ4v) is 4.87. The van der Waals surface area contributed by atoms with Gasteiger partial charge in [0.2, 0.25) is 0 Å². The third-order valence-corrected chi connectivity index (χ3v) is 6.81. The maximum atomic E-state index is 14.2. The molecule has 0 unspecified atom stereocenters. The third kappa shape index (κ3) is 4.70. The van der Waals surface area contributed by atoms with Crippen molar-refractivity contribution in [3.05, 3.63) is 118 Å². The van der Waals surface area contributed by atoms with Crippen LogP contribution >= 0.6 is 0 Å². The molecule has 0 radical (unpaired) electrons. The minimum Gasteiger partial charge on any atom is -0.381 e. The molecule has 0 aliphatic rings. The Balaban J connectivity index is 1.47. The molecule has 41 heavy (non-hydrogen) atoms. The van der Waals surface area contributed by atoms with Gasteiger partial charge >= 0.3 is 0 Å². The van der Waals surface area contributed by atoms with Crippen LogP contribution in [0.3, 0.4) is 0 Å². The van der Waals surface area contributed by atoms with Crippen LogP contribution in [0, 0.1) is 18.8 Å².